The van der Waals surface area contributed by atoms with E-state index in [0.717, 1.165) is 12.8 Å². The van der Waals surface area contributed by atoms with E-state index in [1.165, 1.54) is 10.5 Å². The quantitative estimate of drug-likeness (QED) is 0.576. The average molecular weight is 274 g/mol. The molecular weight excluding hydrogens is 256 g/mol. The molecule has 0 heterocycles. The first-order valence-electron chi connectivity index (χ1n) is 5.29. The van der Waals surface area contributed by atoms with E-state index in [9.17, 15) is 8.42 Å². The van der Waals surface area contributed by atoms with Crippen LogP contribution < -0.4 is 10.0 Å². The summed E-state index contributed by atoms with van der Waals surface area (Å²) in [4.78, 5) is 1.24. The normalized spacial score (nSPS) is 11.6. The maximum atomic E-state index is 10.8. The molecule has 0 saturated carbocycles. The first kappa shape index (κ1) is 14.5. The van der Waals surface area contributed by atoms with Crippen molar-refractivity contribution in [1.29, 1.82) is 0 Å². The van der Waals surface area contributed by atoms with E-state index in [1.807, 2.05) is 6.26 Å². The average Bonchev–Trinajstić information content (AvgIpc) is 2.28. The fourth-order valence-electron chi connectivity index (χ4n) is 1.30. The second-order valence-corrected chi connectivity index (χ2v) is 6.40. The molecule has 0 amide bonds. The molecule has 2 N–H and O–H groups in total. The van der Waals surface area contributed by atoms with Crippen molar-refractivity contribution in [2.45, 2.75) is 11.4 Å². The summed E-state index contributed by atoms with van der Waals surface area (Å²) in [6, 6.07) is 8.30. The van der Waals surface area contributed by atoms with Crippen molar-refractivity contribution in [2.24, 2.45) is 0 Å². The number of rotatable bonds is 7. The Morgan fingerprint density at radius 1 is 1.18 bits per heavy atom. The van der Waals surface area contributed by atoms with Crippen molar-refractivity contribution in [3.63, 3.8) is 0 Å². The maximum absolute atomic E-state index is 10.8. The highest BCUT2D eigenvalue weighted by Gasteiger charge is 1.98. The Hall–Kier alpha value is -0.560. The predicted molar refractivity (Wildman–Crippen MR) is 72.8 cm³/mol. The Morgan fingerprint density at radius 3 is 2.35 bits per heavy atom. The third kappa shape index (κ3) is 6.68. The van der Waals surface area contributed by atoms with Gasteiger partial charge in [0.25, 0.3) is 0 Å². The van der Waals surface area contributed by atoms with Crippen LogP contribution in [0.3, 0.4) is 0 Å². The van der Waals surface area contributed by atoms with Gasteiger partial charge in [-0.15, -0.1) is 11.8 Å². The largest absolute Gasteiger partial charge is 0.311 e. The van der Waals surface area contributed by atoms with E-state index in [-0.39, 0.29) is 0 Å². The van der Waals surface area contributed by atoms with Gasteiger partial charge in [-0.3, -0.25) is 0 Å². The molecule has 0 radical (unpaired) electrons. The van der Waals surface area contributed by atoms with Gasteiger partial charge in [0.05, 0.1) is 6.26 Å². The Bertz CT molecular complexity index is 429. The maximum Gasteiger partial charge on any atom is 0.208 e. The third-order valence-corrected chi connectivity index (χ3v) is 3.63. The molecule has 0 atom stereocenters. The highest BCUT2D eigenvalue weighted by atomic mass is 32.2. The monoisotopic (exact) mass is 274 g/mol. The first-order valence-corrected chi connectivity index (χ1v) is 8.41. The molecule has 0 unspecified atom stereocenters. The van der Waals surface area contributed by atoms with Crippen LogP contribution in [0.5, 0.6) is 0 Å². The molecule has 17 heavy (non-hydrogen) atoms. The van der Waals surface area contributed by atoms with Crippen LogP contribution in [-0.2, 0) is 16.6 Å². The molecule has 1 aromatic rings. The zero-order valence-corrected chi connectivity index (χ0v) is 11.7. The van der Waals surface area contributed by atoms with Crippen molar-refractivity contribution >= 4 is 21.8 Å². The van der Waals surface area contributed by atoms with Crippen LogP contribution in [0, 0.1) is 0 Å². The standard InChI is InChI=1S/C11H18N2O2S2/c1-16-11-5-3-10(4-6-11)9-12-7-8-13-17(2,14)15/h3-6,12-13H,7-9H2,1-2H3. The summed E-state index contributed by atoms with van der Waals surface area (Å²) in [6.45, 7) is 1.79. The number of nitrogens with one attached hydrogen (secondary N) is 2. The number of hydrogen-bond acceptors (Lipinski definition) is 4. The molecule has 0 saturated heterocycles. The lowest BCUT2D eigenvalue weighted by Crippen LogP contribution is -2.30. The van der Waals surface area contributed by atoms with Crippen molar-refractivity contribution in [1.82, 2.24) is 10.0 Å². The lowest BCUT2D eigenvalue weighted by molar-refractivity contribution is 0.582. The molecule has 0 spiro atoms. The number of hydrogen-bond donors (Lipinski definition) is 2. The van der Waals surface area contributed by atoms with Gasteiger partial charge in [0, 0.05) is 24.5 Å². The van der Waals surface area contributed by atoms with Gasteiger partial charge in [0.1, 0.15) is 0 Å². The van der Waals surface area contributed by atoms with Crippen LogP contribution in [0.1, 0.15) is 5.56 Å². The molecular formula is C11H18N2O2S2. The second-order valence-electron chi connectivity index (χ2n) is 3.69. The Kier molecular flexibility index (Phi) is 5.97. The molecule has 96 valence electrons. The molecule has 4 nitrogen and oxygen atoms in total. The molecule has 6 heteroatoms. The molecule has 0 aliphatic rings. The topological polar surface area (TPSA) is 58.2 Å². The zero-order valence-electron chi connectivity index (χ0n) is 10.1. The summed E-state index contributed by atoms with van der Waals surface area (Å²) in [5.74, 6) is 0. The predicted octanol–water partition coefficient (Wildman–Crippen LogP) is 1.05. The van der Waals surface area contributed by atoms with Crippen molar-refractivity contribution in [3.05, 3.63) is 29.8 Å². The van der Waals surface area contributed by atoms with Crippen LogP contribution in [0.25, 0.3) is 0 Å². The Balaban J connectivity index is 2.22. The Labute approximate surface area is 107 Å². The van der Waals surface area contributed by atoms with E-state index >= 15 is 0 Å². The fourth-order valence-corrected chi connectivity index (χ4v) is 2.18. The summed E-state index contributed by atoms with van der Waals surface area (Å²) in [7, 11) is -3.07. The highest BCUT2D eigenvalue weighted by molar-refractivity contribution is 7.98. The molecule has 1 rings (SSSR count). The van der Waals surface area contributed by atoms with Crippen molar-refractivity contribution in [3.8, 4) is 0 Å². The van der Waals surface area contributed by atoms with E-state index in [1.54, 1.807) is 11.8 Å². The summed E-state index contributed by atoms with van der Waals surface area (Å²) < 4.78 is 24.0. The van der Waals surface area contributed by atoms with Crippen LogP contribution in [0.2, 0.25) is 0 Å². The van der Waals surface area contributed by atoms with Crippen molar-refractivity contribution in [2.75, 3.05) is 25.6 Å². The minimum absolute atomic E-state index is 0.418. The van der Waals surface area contributed by atoms with Gasteiger partial charge in [0.2, 0.25) is 10.0 Å². The summed E-state index contributed by atoms with van der Waals surface area (Å²) in [6.07, 6.45) is 3.21. The van der Waals surface area contributed by atoms with Crippen LogP contribution in [0.4, 0.5) is 0 Å². The molecule has 0 aromatic heterocycles. The van der Waals surface area contributed by atoms with Gasteiger partial charge < -0.3 is 5.32 Å². The third-order valence-electron chi connectivity index (χ3n) is 2.15. The number of sulfonamides is 1. The smallest absolute Gasteiger partial charge is 0.208 e. The Morgan fingerprint density at radius 2 is 1.82 bits per heavy atom. The van der Waals surface area contributed by atoms with Gasteiger partial charge in [-0.25, -0.2) is 13.1 Å². The number of thioether (sulfide) groups is 1. The van der Waals surface area contributed by atoms with Gasteiger partial charge >= 0.3 is 0 Å². The van der Waals surface area contributed by atoms with Gasteiger partial charge in [-0.05, 0) is 24.0 Å². The van der Waals surface area contributed by atoms with Gasteiger partial charge in [-0.2, -0.15) is 0 Å². The lowest BCUT2D eigenvalue weighted by Gasteiger charge is -2.06. The number of benzene rings is 1. The molecule has 0 bridgehead atoms. The minimum Gasteiger partial charge on any atom is -0.311 e. The highest BCUT2D eigenvalue weighted by Crippen LogP contribution is 2.14. The first-order chi connectivity index (χ1) is 8.01. The lowest BCUT2D eigenvalue weighted by atomic mass is 10.2. The fraction of sp³-hybridized carbons (Fsp3) is 0.455. The summed E-state index contributed by atoms with van der Waals surface area (Å²) >= 11 is 1.72. The van der Waals surface area contributed by atoms with E-state index in [4.69, 9.17) is 0 Å². The summed E-state index contributed by atoms with van der Waals surface area (Å²) in [5, 5.41) is 3.18. The van der Waals surface area contributed by atoms with Crippen LogP contribution in [-0.4, -0.2) is 34.0 Å². The van der Waals surface area contributed by atoms with Crippen LogP contribution >= 0.6 is 11.8 Å². The molecule has 1 aromatic carbocycles. The minimum atomic E-state index is -3.07. The van der Waals surface area contributed by atoms with Crippen LogP contribution in [0.15, 0.2) is 29.2 Å². The molecule has 0 aliphatic carbocycles. The SMILES string of the molecule is CSc1ccc(CNCCNS(C)(=O)=O)cc1. The van der Waals surface area contributed by atoms with Gasteiger partial charge in [0.15, 0.2) is 0 Å². The zero-order chi connectivity index (χ0) is 12.7. The van der Waals surface area contributed by atoms with E-state index in [0.29, 0.717) is 13.1 Å². The van der Waals surface area contributed by atoms with Gasteiger partial charge in [-0.1, -0.05) is 12.1 Å². The second kappa shape index (κ2) is 7.00. The molecule has 0 aliphatic heterocycles. The van der Waals surface area contributed by atoms with Crippen molar-refractivity contribution < 1.29 is 8.42 Å². The summed E-state index contributed by atoms with van der Waals surface area (Å²) in [5.41, 5.74) is 1.20. The van der Waals surface area contributed by atoms with E-state index in [2.05, 4.69) is 34.3 Å². The molecule has 0 fully saturated rings. The van der Waals surface area contributed by atoms with E-state index < -0.39 is 10.0 Å².